The maximum atomic E-state index is 11.8. The molecule has 0 aliphatic carbocycles. The van der Waals surface area contributed by atoms with Crippen LogP contribution in [0.2, 0.25) is 0 Å². The topological polar surface area (TPSA) is 69.7 Å². The lowest BCUT2D eigenvalue weighted by atomic mass is 10.1. The molecule has 0 radical (unpaired) electrons. The summed E-state index contributed by atoms with van der Waals surface area (Å²) in [5, 5.41) is 0. The van der Waals surface area contributed by atoms with Gasteiger partial charge in [0.15, 0.2) is 0 Å². The molecule has 1 aliphatic heterocycles. The number of cyclic esters (lactones) is 1. The van der Waals surface area contributed by atoms with Crippen LogP contribution in [0.1, 0.15) is 12.0 Å². The largest absolute Gasteiger partial charge is 0.465 e. The van der Waals surface area contributed by atoms with Crippen molar-refractivity contribution < 1.29 is 22.1 Å². The third kappa shape index (κ3) is 3.08. The molecule has 0 aromatic heterocycles. The minimum Gasteiger partial charge on any atom is -0.465 e. The van der Waals surface area contributed by atoms with Crippen molar-refractivity contribution in [1.29, 1.82) is 0 Å². The zero-order chi connectivity index (χ0) is 13.2. The van der Waals surface area contributed by atoms with Gasteiger partial charge in [-0.3, -0.25) is 8.98 Å². The van der Waals surface area contributed by atoms with Crippen molar-refractivity contribution in [3.63, 3.8) is 0 Å². The van der Waals surface area contributed by atoms with Gasteiger partial charge >= 0.3 is 5.97 Å². The summed E-state index contributed by atoms with van der Waals surface area (Å²) < 4.78 is 33.3. The average molecular weight is 270 g/mol. The Labute approximate surface area is 106 Å². The lowest BCUT2D eigenvalue weighted by molar-refractivity contribution is -0.137. The highest BCUT2D eigenvalue weighted by molar-refractivity contribution is 7.86. The van der Waals surface area contributed by atoms with Gasteiger partial charge in [-0.05, 0) is 19.1 Å². The molecule has 6 heteroatoms. The van der Waals surface area contributed by atoms with Crippen LogP contribution in [0.15, 0.2) is 29.2 Å². The zero-order valence-corrected chi connectivity index (χ0v) is 10.8. The van der Waals surface area contributed by atoms with Gasteiger partial charge in [-0.15, -0.1) is 0 Å². The molecule has 1 aliphatic rings. The average Bonchev–Trinajstić information content (AvgIpc) is 2.73. The first kappa shape index (κ1) is 13.0. The van der Waals surface area contributed by atoms with Crippen molar-refractivity contribution in [2.24, 2.45) is 5.92 Å². The monoisotopic (exact) mass is 270 g/mol. The second kappa shape index (κ2) is 5.07. The molecule has 0 saturated carbocycles. The van der Waals surface area contributed by atoms with Crippen LogP contribution < -0.4 is 0 Å². The van der Waals surface area contributed by atoms with E-state index in [1.165, 1.54) is 12.1 Å². The number of hydrogen-bond donors (Lipinski definition) is 0. The fraction of sp³-hybridized carbons (Fsp3) is 0.417. The Balaban J connectivity index is 1.99. The number of hydrogen-bond acceptors (Lipinski definition) is 5. The summed E-state index contributed by atoms with van der Waals surface area (Å²) in [5.74, 6) is -0.492. The Morgan fingerprint density at radius 1 is 1.33 bits per heavy atom. The first-order chi connectivity index (χ1) is 8.47. The molecule has 0 amide bonds. The van der Waals surface area contributed by atoms with Crippen LogP contribution in [0.25, 0.3) is 0 Å². The highest BCUT2D eigenvalue weighted by Crippen LogP contribution is 2.18. The Kier molecular flexibility index (Phi) is 3.68. The molecule has 1 fully saturated rings. The molecule has 0 spiro atoms. The van der Waals surface area contributed by atoms with Crippen LogP contribution in [0.4, 0.5) is 0 Å². The maximum absolute atomic E-state index is 11.8. The number of aryl methyl sites for hydroxylation is 1. The molecule has 1 aromatic rings. The summed E-state index contributed by atoms with van der Waals surface area (Å²) in [6.45, 7) is 2.07. The van der Waals surface area contributed by atoms with Crippen molar-refractivity contribution in [2.45, 2.75) is 18.2 Å². The van der Waals surface area contributed by atoms with Gasteiger partial charge in [-0.1, -0.05) is 17.7 Å². The molecule has 0 bridgehead atoms. The fourth-order valence-corrected chi connectivity index (χ4v) is 2.61. The van der Waals surface area contributed by atoms with E-state index in [2.05, 4.69) is 0 Å². The molecule has 1 heterocycles. The first-order valence-corrected chi connectivity index (χ1v) is 7.00. The summed E-state index contributed by atoms with van der Waals surface area (Å²) in [6, 6.07) is 6.42. The normalized spacial score (nSPS) is 19.8. The standard InChI is InChI=1S/C12H14O5S/c1-9-2-4-11(5-3-9)18(14,15)17-8-10-6-12(13)16-7-10/h2-5,10H,6-8H2,1H3. The fourth-order valence-electron chi connectivity index (χ4n) is 1.63. The van der Waals surface area contributed by atoms with Gasteiger partial charge < -0.3 is 4.74 Å². The van der Waals surface area contributed by atoms with Crippen molar-refractivity contribution >= 4 is 16.1 Å². The van der Waals surface area contributed by atoms with E-state index in [9.17, 15) is 13.2 Å². The Morgan fingerprint density at radius 3 is 2.56 bits per heavy atom. The molecular formula is C12H14O5S. The van der Waals surface area contributed by atoms with Crippen molar-refractivity contribution in [1.82, 2.24) is 0 Å². The highest BCUT2D eigenvalue weighted by atomic mass is 32.2. The van der Waals surface area contributed by atoms with Gasteiger partial charge in [0.05, 0.1) is 24.5 Å². The Bertz CT molecular complexity index is 532. The summed E-state index contributed by atoms with van der Waals surface area (Å²) in [5.41, 5.74) is 0.976. The summed E-state index contributed by atoms with van der Waals surface area (Å²) >= 11 is 0. The minimum atomic E-state index is -3.75. The summed E-state index contributed by atoms with van der Waals surface area (Å²) in [4.78, 5) is 11.0. The molecule has 98 valence electrons. The Morgan fingerprint density at radius 2 is 2.00 bits per heavy atom. The molecule has 2 rings (SSSR count). The van der Waals surface area contributed by atoms with E-state index >= 15 is 0 Å². The molecule has 1 unspecified atom stereocenters. The second-order valence-corrected chi connectivity index (χ2v) is 5.92. The van der Waals surface area contributed by atoms with Gasteiger partial charge in [0.25, 0.3) is 10.1 Å². The number of benzene rings is 1. The highest BCUT2D eigenvalue weighted by Gasteiger charge is 2.26. The van der Waals surface area contributed by atoms with Crippen molar-refractivity contribution in [2.75, 3.05) is 13.2 Å². The van der Waals surface area contributed by atoms with E-state index in [4.69, 9.17) is 8.92 Å². The SMILES string of the molecule is Cc1ccc(S(=O)(=O)OCC2COC(=O)C2)cc1. The molecule has 5 nitrogen and oxygen atoms in total. The molecular weight excluding hydrogens is 256 g/mol. The second-order valence-electron chi connectivity index (χ2n) is 4.30. The first-order valence-electron chi connectivity index (χ1n) is 5.59. The van der Waals surface area contributed by atoms with Gasteiger partial charge in [-0.25, -0.2) is 0 Å². The van der Waals surface area contributed by atoms with Crippen LogP contribution in [0, 0.1) is 12.8 Å². The predicted octanol–water partition coefficient (Wildman–Crippen LogP) is 1.26. The van der Waals surface area contributed by atoms with Crippen LogP contribution in [0.5, 0.6) is 0 Å². The van der Waals surface area contributed by atoms with E-state index < -0.39 is 10.1 Å². The molecule has 1 aromatic carbocycles. The molecule has 1 saturated heterocycles. The van der Waals surface area contributed by atoms with E-state index in [0.717, 1.165) is 5.56 Å². The molecule has 1 atom stereocenters. The number of carbonyl (C=O) groups is 1. The quantitative estimate of drug-likeness (QED) is 0.608. The summed E-state index contributed by atoms with van der Waals surface area (Å²) in [7, 11) is -3.75. The van der Waals surface area contributed by atoms with Crippen LogP contribution in [0.3, 0.4) is 0 Å². The van der Waals surface area contributed by atoms with E-state index in [-0.39, 0.29) is 36.4 Å². The van der Waals surface area contributed by atoms with Gasteiger partial charge in [-0.2, -0.15) is 8.42 Å². The minimum absolute atomic E-state index is 0.0258. The maximum Gasteiger partial charge on any atom is 0.306 e. The zero-order valence-electron chi connectivity index (χ0n) is 9.96. The number of esters is 1. The number of rotatable bonds is 4. The van der Waals surface area contributed by atoms with E-state index in [0.29, 0.717) is 0 Å². The number of carbonyl (C=O) groups excluding carboxylic acids is 1. The van der Waals surface area contributed by atoms with Crippen molar-refractivity contribution in [3.05, 3.63) is 29.8 Å². The van der Waals surface area contributed by atoms with Crippen LogP contribution >= 0.6 is 0 Å². The summed E-state index contributed by atoms with van der Waals surface area (Å²) in [6.07, 6.45) is 0.212. The van der Waals surface area contributed by atoms with E-state index in [1.807, 2.05) is 6.92 Å². The molecule has 0 N–H and O–H groups in total. The van der Waals surface area contributed by atoms with Gasteiger partial charge in [0, 0.05) is 5.92 Å². The third-order valence-corrected chi connectivity index (χ3v) is 4.00. The lowest BCUT2D eigenvalue weighted by Gasteiger charge is -2.08. The predicted molar refractivity (Wildman–Crippen MR) is 63.4 cm³/mol. The van der Waals surface area contributed by atoms with Crippen LogP contribution in [-0.4, -0.2) is 27.6 Å². The third-order valence-electron chi connectivity index (χ3n) is 2.70. The van der Waals surface area contributed by atoms with Gasteiger partial charge in [0.2, 0.25) is 0 Å². The smallest absolute Gasteiger partial charge is 0.306 e. The van der Waals surface area contributed by atoms with E-state index in [1.54, 1.807) is 12.1 Å². The number of ether oxygens (including phenoxy) is 1. The Hall–Kier alpha value is -1.40. The lowest BCUT2D eigenvalue weighted by Crippen LogP contribution is -2.15. The molecule has 18 heavy (non-hydrogen) atoms. The van der Waals surface area contributed by atoms with Crippen molar-refractivity contribution in [3.8, 4) is 0 Å². The van der Waals surface area contributed by atoms with Gasteiger partial charge in [0.1, 0.15) is 0 Å². The van der Waals surface area contributed by atoms with Crippen LogP contribution in [-0.2, 0) is 23.8 Å².